The molecule has 1 amide bonds. The van der Waals surface area contributed by atoms with Crippen molar-refractivity contribution in [1.82, 2.24) is 15.1 Å². The Morgan fingerprint density at radius 1 is 1.25 bits per heavy atom. The van der Waals surface area contributed by atoms with Crippen molar-refractivity contribution in [3.8, 4) is 0 Å². The molecule has 1 saturated carbocycles. The zero-order valence-electron chi connectivity index (χ0n) is 13.9. The highest BCUT2D eigenvalue weighted by Crippen LogP contribution is 2.46. The van der Waals surface area contributed by atoms with E-state index in [1.165, 1.54) is 0 Å². The van der Waals surface area contributed by atoms with Crippen LogP contribution in [0.1, 0.15) is 35.4 Å². The summed E-state index contributed by atoms with van der Waals surface area (Å²) < 4.78 is 1.91. The third kappa shape index (κ3) is 2.91. The molecule has 2 aromatic rings. The van der Waals surface area contributed by atoms with Crippen LogP contribution in [0.2, 0.25) is 0 Å². The van der Waals surface area contributed by atoms with Crippen LogP contribution in [0.3, 0.4) is 0 Å². The van der Waals surface area contributed by atoms with E-state index in [0.29, 0.717) is 25.9 Å². The lowest BCUT2D eigenvalue weighted by Gasteiger charge is -2.11. The highest BCUT2D eigenvalue weighted by atomic mass is 16.4. The van der Waals surface area contributed by atoms with Crippen LogP contribution in [0, 0.1) is 19.3 Å². The fraction of sp³-hybridized carbons (Fsp3) is 0.389. The van der Waals surface area contributed by atoms with Crippen molar-refractivity contribution in [2.45, 2.75) is 39.8 Å². The number of carboxylic acids is 1. The Kier molecular flexibility index (Phi) is 4.13. The number of benzene rings is 1. The number of hydrogen-bond acceptors (Lipinski definition) is 3. The van der Waals surface area contributed by atoms with E-state index < -0.39 is 17.3 Å². The quantitative estimate of drug-likeness (QED) is 0.795. The predicted octanol–water partition coefficient (Wildman–Crippen LogP) is 2.03. The van der Waals surface area contributed by atoms with E-state index in [0.717, 1.165) is 22.5 Å². The molecular formula is C18H21N3O3. The van der Waals surface area contributed by atoms with Crippen molar-refractivity contribution >= 4 is 11.9 Å². The normalized spacial score (nSPS) is 15.1. The summed E-state index contributed by atoms with van der Waals surface area (Å²) in [7, 11) is 0. The summed E-state index contributed by atoms with van der Waals surface area (Å²) in [6, 6.07) is 10.0. The Hall–Kier alpha value is -2.63. The molecule has 1 heterocycles. The van der Waals surface area contributed by atoms with Gasteiger partial charge in [0.05, 0.1) is 12.2 Å². The summed E-state index contributed by atoms with van der Waals surface area (Å²) >= 11 is 0. The number of rotatable bonds is 6. The number of aromatic nitrogens is 2. The first-order valence-electron chi connectivity index (χ1n) is 8.02. The molecule has 3 rings (SSSR count). The summed E-state index contributed by atoms with van der Waals surface area (Å²) in [5.74, 6) is -1.43. The highest BCUT2D eigenvalue weighted by molar-refractivity contribution is 6.04. The van der Waals surface area contributed by atoms with E-state index in [1.54, 1.807) is 0 Å². The van der Waals surface area contributed by atoms with Crippen molar-refractivity contribution in [3.63, 3.8) is 0 Å². The average molecular weight is 327 g/mol. The van der Waals surface area contributed by atoms with Gasteiger partial charge in [-0.25, -0.2) is 0 Å². The molecule has 0 aliphatic heterocycles. The van der Waals surface area contributed by atoms with Crippen LogP contribution in [-0.2, 0) is 22.7 Å². The van der Waals surface area contributed by atoms with Crippen LogP contribution in [0.4, 0.5) is 0 Å². The molecule has 0 saturated heterocycles. The second kappa shape index (κ2) is 6.11. The Balaban J connectivity index is 1.71. The first kappa shape index (κ1) is 16.2. The third-order valence-electron chi connectivity index (χ3n) is 4.73. The van der Waals surface area contributed by atoms with Crippen LogP contribution in [0.5, 0.6) is 0 Å². The third-order valence-corrected chi connectivity index (χ3v) is 4.73. The average Bonchev–Trinajstić information content (AvgIpc) is 3.32. The summed E-state index contributed by atoms with van der Waals surface area (Å²) in [4.78, 5) is 23.3. The molecule has 1 aliphatic carbocycles. The molecule has 0 bridgehead atoms. The SMILES string of the molecule is Cc1nn(Cc2ccccc2)c(C)c1CNC(=O)C1(C(=O)O)CC1. The Morgan fingerprint density at radius 3 is 2.50 bits per heavy atom. The van der Waals surface area contributed by atoms with E-state index in [2.05, 4.69) is 10.4 Å². The van der Waals surface area contributed by atoms with Crippen molar-refractivity contribution in [2.75, 3.05) is 0 Å². The number of carbonyl (C=O) groups excluding carboxylic acids is 1. The van der Waals surface area contributed by atoms with Crippen molar-refractivity contribution in [2.24, 2.45) is 5.41 Å². The zero-order chi connectivity index (χ0) is 17.3. The molecule has 2 N–H and O–H groups in total. The fourth-order valence-electron chi connectivity index (χ4n) is 2.90. The van der Waals surface area contributed by atoms with Gasteiger partial charge in [0.15, 0.2) is 0 Å². The highest BCUT2D eigenvalue weighted by Gasteiger charge is 2.56. The van der Waals surface area contributed by atoms with Gasteiger partial charge < -0.3 is 10.4 Å². The standard InChI is InChI=1S/C18H21N3O3/c1-12-15(10-19-16(22)18(8-9-18)17(23)24)13(2)21(20-12)11-14-6-4-3-5-7-14/h3-7H,8-11H2,1-2H3,(H,19,22)(H,23,24). The first-order valence-corrected chi connectivity index (χ1v) is 8.02. The number of nitrogens with zero attached hydrogens (tertiary/aromatic N) is 2. The minimum Gasteiger partial charge on any atom is -0.480 e. The van der Waals surface area contributed by atoms with Gasteiger partial charge >= 0.3 is 5.97 Å². The minimum atomic E-state index is -1.21. The molecule has 0 spiro atoms. The van der Waals surface area contributed by atoms with E-state index in [-0.39, 0.29) is 0 Å². The van der Waals surface area contributed by atoms with Gasteiger partial charge in [0.1, 0.15) is 5.41 Å². The molecule has 0 unspecified atom stereocenters. The summed E-state index contributed by atoms with van der Waals surface area (Å²) in [5, 5.41) is 16.5. The number of hydrogen-bond donors (Lipinski definition) is 2. The Labute approximate surface area is 140 Å². The van der Waals surface area contributed by atoms with Gasteiger partial charge in [0.2, 0.25) is 5.91 Å². The molecule has 1 aromatic heterocycles. The molecule has 24 heavy (non-hydrogen) atoms. The Morgan fingerprint density at radius 2 is 1.92 bits per heavy atom. The molecule has 6 heteroatoms. The van der Waals surface area contributed by atoms with Crippen LogP contribution in [0.25, 0.3) is 0 Å². The van der Waals surface area contributed by atoms with E-state index in [9.17, 15) is 14.7 Å². The van der Waals surface area contributed by atoms with Crippen LogP contribution in [-0.4, -0.2) is 26.8 Å². The number of aliphatic carboxylic acids is 1. The molecule has 1 aliphatic rings. The largest absolute Gasteiger partial charge is 0.480 e. The molecule has 0 radical (unpaired) electrons. The minimum absolute atomic E-state index is 0.306. The van der Waals surface area contributed by atoms with Gasteiger partial charge in [-0.2, -0.15) is 5.10 Å². The molecule has 126 valence electrons. The van der Waals surface area contributed by atoms with Gasteiger partial charge in [-0.05, 0) is 32.3 Å². The van der Waals surface area contributed by atoms with Gasteiger partial charge in [-0.3, -0.25) is 14.3 Å². The number of carboxylic acid groups (broad SMARTS) is 1. The maximum atomic E-state index is 12.1. The molecule has 1 aromatic carbocycles. The lowest BCUT2D eigenvalue weighted by molar-refractivity contribution is -0.149. The fourth-order valence-corrected chi connectivity index (χ4v) is 2.90. The number of amides is 1. The van der Waals surface area contributed by atoms with Crippen LogP contribution >= 0.6 is 0 Å². The second-order valence-electron chi connectivity index (χ2n) is 6.36. The zero-order valence-corrected chi connectivity index (χ0v) is 13.9. The van der Waals surface area contributed by atoms with E-state index >= 15 is 0 Å². The topological polar surface area (TPSA) is 84.2 Å². The molecule has 6 nitrogen and oxygen atoms in total. The summed E-state index contributed by atoms with van der Waals surface area (Å²) in [6.07, 6.45) is 0.832. The first-order chi connectivity index (χ1) is 11.4. The molecule has 1 fully saturated rings. The van der Waals surface area contributed by atoms with Crippen molar-refractivity contribution in [3.05, 3.63) is 52.8 Å². The maximum absolute atomic E-state index is 12.1. The predicted molar refractivity (Wildman–Crippen MR) is 88.4 cm³/mol. The van der Waals surface area contributed by atoms with Gasteiger partial charge in [0, 0.05) is 17.8 Å². The van der Waals surface area contributed by atoms with Gasteiger partial charge in [-0.1, -0.05) is 30.3 Å². The number of carbonyl (C=O) groups is 2. The molecule has 0 atom stereocenters. The van der Waals surface area contributed by atoms with Crippen molar-refractivity contribution in [1.29, 1.82) is 0 Å². The van der Waals surface area contributed by atoms with Crippen LogP contribution in [0.15, 0.2) is 30.3 Å². The van der Waals surface area contributed by atoms with Gasteiger partial charge in [-0.15, -0.1) is 0 Å². The van der Waals surface area contributed by atoms with Gasteiger partial charge in [0.25, 0.3) is 0 Å². The monoisotopic (exact) mass is 327 g/mol. The van der Waals surface area contributed by atoms with Crippen molar-refractivity contribution < 1.29 is 14.7 Å². The lowest BCUT2D eigenvalue weighted by atomic mass is 10.1. The smallest absolute Gasteiger partial charge is 0.319 e. The lowest BCUT2D eigenvalue weighted by Crippen LogP contribution is -2.36. The van der Waals surface area contributed by atoms with Crippen LogP contribution < -0.4 is 5.32 Å². The maximum Gasteiger partial charge on any atom is 0.319 e. The van der Waals surface area contributed by atoms with E-state index in [4.69, 9.17) is 0 Å². The Bertz CT molecular complexity index is 776. The summed E-state index contributed by atoms with van der Waals surface area (Å²) in [5.41, 5.74) is 2.73. The second-order valence-corrected chi connectivity index (χ2v) is 6.36. The number of aryl methyl sites for hydroxylation is 1. The van der Waals surface area contributed by atoms with E-state index in [1.807, 2.05) is 48.9 Å². The summed E-state index contributed by atoms with van der Waals surface area (Å²) in [6.45, 7) is 4.84. The molecular weight excluding hydrogens is 306 g/mol. The number of nitrogens with one attached hydrogen (secondary N) is 1.